The third-order valence-electron chi connectivity index (χ3n) is 3.81. The second-order valence-corrected chi connectivity index (χ2v) is 9.59. The van der Waals surface area contributed by atoms with E-state index in [2.05, 4.69) is 5.32 Å². The molecule has 0 saturated carbocycles. The number of hydrogen-bond acceptors (Lipinski definition) is 5. The predicted molar refractivity (Wildman–Crippen MR) is 66.5 cm³/mol. The molecule has 6 nitrogen and oxygen atoms in total. The smallest absolute Gasteiger partial charge is 0.207 e. The minimum atomic E-state index is -3.02. The van der Waals surface area contributed by atoms with Gasteiger partial charge in [0.1, 0.15) is 0 Å². The highest BCUT2D eigenvalue weighted by atomic mass is 32.2. The first kappa shape index (κ1) is 13.8. The van der Waals surface area contributed by atoms with E-state index < -0.39 is 19.7 Å². The van der Waals surface area contributed by atoms with Crippen LogP contribution in [0.25, 0.3) is 0 Å². The lowest BCUT2D eigenvalue weighted by atomic mass is 9.87. The Morgan fingerprint density at radius 3 is 1.67 bits per heavy atom. The number of nitrogens with one attached hydrogen (secondary N) is 1. The normalized spacial score (nSPS) is 35.1. The molecule has 0 aromatic carbocycles. The lowest BCUT2D eigenvalue weighted by Crippen LogP contribution is -2.42. The van der Waals surface area contributed by atoms with Gasteiger partial charge < -0.3 is 5.32 Å². The molecule has 0 aromatic rings. The molecular weight excluding hydrogens is 278 g/mol. The fraction of sp³-hybridized carbons (Fsp3) is 0.900. The summed E-state index contributed by atoms with van der Waals surface area (Å²) in [5, 5.41) is 2.63. The molecule has 1 amide bonds. The van der Waals surface area contributed by atoms with Crippen LogP contribution in [0.2, 0.25) is 0 Å². The highest BCUT2D eigenvalue weighted by Gasteiger charge is 2.41. The molecule has 1 N–H and O–H groups in total. The van der Waals surface area contributed by atoms with E-state index in [0.29, 0.717) is 19.3 Å². The summed E-state index contributed by atoms with van der Waals surface area (Å²) in [6, 6.07) is -0.336. The second kappa shape index (κ2) is 4.80. The zero-order chi connectivity index (χ0) is 13.4. The van der Waals surface area contributed by atoms with Crippen LogP contribution in [0.15, 0.2) is 0 Å². The summed E-state index contributed by atoms with van der Waals surface area (Å²) >= 11 is 0. The van der Waals surface area contributed by atoms with Crippen LogP contribution in [0.3, 0.4) is 0 Å². The summed E-state index contributed by atoms with van der Waals surface area (Å²) in [6.45, 7) is 0. The molecule has 8 heteroatoms. The van der Waals surface area contributed by atoms with E-state index in [4.69, 9.17) is 0 Å². The van der Waals surface area contributed by atoms with Crippen molar-refractivity contribution in [3.63, 3.8) is 0 Å². The standard InChI is InChI=1S/C10H17NO5S2/c12-7-11-10(8-1-3-17(13,14)5-8)9-2-4-18(15,16)6-9/h7-10H,1-6H2,(H,11,12)/t8-,9+,10?. The summed E-state index contributed by atoms with van der Waals surface area (Å²) in [4.78, 5) is 10.6. The van der Waals surface area contributed by atoms with E-state index >= 15 is 0 Å². The van der Waals surface area contributed by atoms with Crippen LogP contribution in [0, 0.1) is 11.8 Å². The van der Waals surface area contributed by atoms with Gasteiger partial charge in [-0.25, -0.2) is 16.8 Å². The summed E-state index contributed by atoms with van der Waals surface area (Å²) in [7, 11) is -6.04. The van der Waals surface area contributed by atoms with Crippen molar-refractivity contribution in [2.75, 3.05) is 23.0 Å². The van der Waals surface area contributed by atoms with Gasteiger partial charge in [-0.05, 0) is 24.7 Å². The maximum absolute atomic E-state index is 11.5. The van der Waals surface area contributed by atoms with Crippen molar-refractivity contribution in [3.05, 3.63) is 0 Å². The van der Waals surface area contributed by atoms with E-state index in [1.807, 2.05) is 0 Å². The summed E-state index contributed by atoms with van der Waals surface area (Å²) in [6.07, 6.45) is 1.55. The van der Waals surface area contributed by atoms with Crippen LogP contribution in [-0.4, -0.2) is 52.3 Å². The molecule has 0 aromatic heterocycles. The Labute approximate surface area is 107 Å². The molecular formula is C10H17NO5S2. The molecule has 2 saturated heterocycles. The molecule has 0 radical (unpaired) electrons. The Morgan fingerprint density at radius 2 is 1.39 bits per heavy atom. The van der Waals surface area contributed by atoms with Crippen LogP contribution < -0.4 is 5.32 Å². The first-order valence-corrected chi connectivity index (χ1v) is 9.58. The minimum absolute atomic E-state index is 0.0506. The third-order valence-corrected chi connectivity index (χ3v) is 7.40. The van der Waals surface area contributed by atoms with Crippen molar-refractivity contribution in [2.45, 2.75) is 18.9 Å². The topological polar surface area (TPSA) is 97.4 Å². The first-order valence-electron chi connectivity index (χ1n) is 5.93. The van der Waals surface area contributed by atoms with Crippen LogP contribution in [-0.2, 0) is 24.5 Å². The van der Waals surface area contributed by atoms with Crippen LogP contribution in [0.5, 0.6) is 0 Å². The molecule has 1 unspecified atom stereocenters. The Balaban J connectivity index is 2.12. The van der Waals surface area contributed by atoms with Crippen molar-refractivity contribution in [1.82, 2.24) is 5.32 Å². The Hall–Kier alpha value is -0.630. The molecule has 2 heterocycles. The van der Waals surface area contributed by atoms with Gasteiger partial charge >= 0.3 is 0 Å². The number of carbonyl (C=O) groups is 1. The van der Waals surface area contributed by atoms with E-state index in [-0.39, 0.29) is 40.9 Å². The lowest BCUT2D eigenvalue weighted by Gasteiger charge is -2.26. The van der Waals surface area contributed by atoms with Crippen LogP contribution in [0.4, 0.5) is 0 Å². The molecule has 2 aliphatic heterocycles. The number of amides is 1. The van der Waals surface area contributed by atoms with Gasteiger partial charge in [0.25, 0.3) is 0 Å². The molecule has 2 fully saturated rings. The largest absolute Gasteiger partial charge is 0.355 e. The van der Waals surface area contributed by atoms with Gasteiger partial charge in [0.05, 0.1) is 23.0 Å². The third kappa shape index (κ3) is 3.03. The van der Waals surface area contributed by atoms with Gasteiger partial charge in [-0.2, -0.15) is 0 Å². The zero-order valence-electron chi connectivity index (χ0n) is 9.91. The van der Waals surface area contributed by atoms with Gasteiger partial charge in [0.2, 0.25) is 6.41 Å². The van der Waals surface area contributed by atoms with E-state index in [0.717, 1.165) is 0 Å². The maximum atomic E-state index is 11.5. The lowest BCUT2D eigenvalue weighted by molar-refractivity contribution is -0.110. The van der Waals surface area contributed by atoms with Crippen molar-refractivity contribution in [2.24, 2.45) is 11.8 Å². The van der Waals surface area contributed by atoms with Gasteiger partial charge in [0.15, 0.2) is 19.7 Å². The predicted octanol–water partition coefficient (Wildman–Crippen LogP) is -1.03. The molecule has 18 heavy (non-hydrogen) atoms. The van der Waals surface area contributed by atoms with E-state index in [9.17, 15) is 21.6 Å². The van der Waals surface area contributed by atoms with Crippen molar-refractivity contribution in [3.8, 4) is 0 Å². The average Bonchev–Trinajstić information content (AvgIpc) is 2.78. The molecule has 2 rings (SSSR count). The quantitative estimate of drug-likeness (QED) is 0.669. The highest BCUT2D eigenvalue weighted by Crippen LogP contribution is 2.31. The maximum Gasteiger partial charge on any atom is 0.207 e. The minimum Gasteiger partial charge on any atom is -0.355 e. The van der Waals surface area contributed by atoms with Crippen LogP contribution >= 0.6 is 0 Å². The SMILES string of the molecule is O=CNC([C@@H]1CCS(=O)(=O)C1)[C@H]1CCS(=O)(=O)C1. The second-order valence-electron chi connectivity index (χ2n) is 5.14. The average molecular weight is 295 g/mol. The monoisotopic (exact) mass is 295 g/mol. The number of carbonyl (C=O) groups excluding carboxylic acids is 1. The van der Waals surface area contributed by atoms with Crippen molar-refractivity contribution in [1.29, 1.82) is 0 Å². The first-order chi connectivity index (χ1) is 8.33. The summed E-state index contributed by atoms with van der Waals surface area (Å²) < 4.78 is 45.8. The molecule has 0 bridgehead atoms. The Bertz CT molecular complexity index is 480. The molecule has 3 atom stereocenters. The number of rotatable bonds is 4. The van der Waals surface area contributed by atoms with Gasteiger partial charge in [0, 0.05) is 6.04 Å². The zero-order valence-corrected chi connectivity index (χ0v) is 11.5. The highest BCUT2D eigenvalue weighted by molar-refractivity contribution is 7.91. The van der Waals surface area contributed by atoms with Crippen molar-refractivity contribution < 1.29 is 21.6 Å². The Morgan fingerprint density at radius 1 is 0.944 bits per heavy atom. The Kier molecular flexibility index (Phi) is 3.68. The summed E-state index contributed by atoms with van der Waals surface area (Å²) in [5.74, 6) is 0.0592. The summed E-state index contributed by atoms with van der Waals surface area (Å²) in [5.41, 5.74) is 0. The van der Waals surface area contributed by atoms with Gasteiger partial charge in [-0.15, -0.1) is 0 Å². The molecule has 0 spiro atoms. The van der Waals surface area contributed by atoms with Gasteiger partial charge in [-0.3, -0.25) is 4.79 Å². The fourth-order valence-corrected chi connectivity index (χ4v) is 6.66. The molecule has 2 aliphatic rings. The molecule has 0 aliphatic carbocycles. The van der Waals surface area contributed by atoms with Crippen LogP contribution in [0.1, 0.15) is 12.8 Å². The van der Waals surface area contributed by atoms with E-state index in [1.165, 1.54) is 0 Å². The van der Waals surface area contributed by atoms with Crippen molar-refractivity contribution >= 4 is 26.1 Å². The fourth-order valence-electron chi connectivity index (χ4n) is 2.95. The van der Waals surface area contributed by atoms with Gasteiger partial charge in [-0.1, -0.05) is 0 Å². The number of hydrogen-bond donors (Lipinski definition) is 1. The molecule has 104 valence electrons. The van der Waals surface area contributed by atoms with E-state index in [1.54, 1.807) is 0 Å². The number of sulfone groups is 2.